The smallest absolute Gasteiger partial charge is 0.222 e. The van der Waals surface area contributed by atoms with Gasteiger partial charge in [-0.3, -0.25) is 4.68 Å². The fraction of sp³-hybridized carbons (Fsp3) is 0.462. The van der Waals surface area contributed by atoms with Gasteiger partial charge < -0.3 is 15.5 Å². The van der Waals surface area contributed by atoms with Crippen molar-refractivity contribution in [3.63, 3.8) is 0 Å². The van der Waals surface area contributed by atoms with E-state index in [-0.39, 0.29) is 0 Å². The standard InChI is InChI=1S/C13H19N7/c1-18-3-5-20(6-4-18)12-7-11(16-13(14)17-12)10-8-15-19(2)9-10/h7-9H,3-6H2,1-2H3,(H2,14,16,17). The Kier molecular flexibility index (Phi) is 3.27. The van der Waals surface area contributed by atoms with Crippen LogP contribution in [0, 0.1) is 0 Å². The predicted molar refractivity (Wildman–Crippen MR) is 78.4 cm³/mol. The summed E-state index contributed by atoms with van der Waals surface area (Å²) in [5.41, 5.74) is 7.63. The first-order valence-electron chi connectivity index (χ1n) is 6.69. The lowest BCUT2D eigenvalue weighted by Gasteiger charge is -2.33. The summed E-state index contributed by atoms with van der Waals surface area (Å²) in [5.74, 6) is 1.20. The zero-order chi connectivity index (χ0) is 14.1. The second-order valence-electron chi connectivity index (χ2n) is 5.16. The van der Waals surface area contributed by atoms with Crippen molar-refractivity contribution in [1.29, 1.82) is 0 Å². The minimum Gasteiger partial charge on any atom is -0.368 e. The van der Waals surface area contributed by atoms with Crippen molar-refractivity contribution >= 4 is 11.8 Å². The Hall–Kier alpha value is -2.15. The number of rotatable bonds is 2. The first kappa shape index (κ1) is 12.9. The van der Waals surface area contributed by atoms with Crippen molar-refractivity contribution in [2.75, 3.05) is 43.9 Å². The normalized spacial score (nSPS) is 16.6. The maximum absolute atomic E-state index is 5.85. The van der Waals surface area contributed by atoms with E-state index in [9.17, 15) is 0 Å². The van der Waals surface area contributed by atoms with Crippen LogP contribution in [-0.4, -0.2) is 57.9 Å². The molecule has 0 amide bonds. The summed E-state index contributed by atoms with van der Waals surface area (Å²) in [6.07, 6.45) is 3.71. The highest BCUT2D eigenvalue weighted by Gasteiger charge is 2.17. The molecule has 1 aliphatic rings. The van der Waals surface area contributed by atoms with Crippen LogP contribution >= 0.6 is 0 Å². The summed E-state index contributed by atoms with van der Waals surface area (Å²) < 4.78 is 1.75. The topological polar surface area (TPSA) is 76.1 Å². The quantitative estimate of drug-likeness (QED) is 0.843. The molecule has 0 radical (unpaired) electrons. The maximum atomic E-state index is 5.85. The molecule has 0 spiro atoms. The molecule has 2 aromatic rings. The van der Waals surface area contributed by atoms with E-state index in [2.05, 4.69) is 31.9 Å². The Morgan fingerprint density at radius 1 is 1.10 bits per heavy atom. The number of anilines is 2. The third-order valence-corrected chi connectivity index (χ3v) is 3.56. The van der Waals surface area contributed by atoms with E-state index in [1.54, 1.807) is 10.9 Å². The van der Waals surface area contributed by atoms with Gasteiger partial charge in [-0.15, -0.1) is 0 Å². The van der Waals surface area contributed by atoms with E-state index in [4.69, 9.17) is 5.73 Å². The molecule has 1 aliphatic heterocycles. The molecule has 3 heterocycles. The molecule has 2 aromatic heterocycles. The number of hydrogen-bond donors (Lipinski definition) is 1. The lowest BCUT2D eigenvalue weighted by molar-refractivity contribution is 0.312. The average Bonchev–Trinajstić information content (AvgIpc) is 2.85. The molecule has 2 N–H and O–H groups in total. The molecule has 106 valence electrons. The van der Waals surface area contributed by atoms with E-state index < -0.39 is 0 Å². The SMILES string of the molecule is CN1CCN(c2cc(-c3cnn(C)c3)nc(N)n2)CC1. The molecule has 0 aliphatic carbocycles. The summed E-state index contributed by atoms with van der Waals surface area (Å²) in [4.78, 5) is 13.2. The monoisotopic (exact) mass is 273 g/mol. The number of aryl methyl sites for hydroxylation is 1. The zero-order valence-electron chi connectivity index (χ0n) is 11.8. The van der Waals surface area contributed by atoms with E-state index in [1.165, 1.54) is 0 Å². The summed E-state index contributed by atoms with van der Waals surface area (Å²) in [6.45, 7) is 3.98. The van der Waals surface area contributed by atoms with Gasteiger partial charge in [0.1, 0.15) is 5.82 Å². The highest BCUT2D eigenvalue weighted by molar-refractivity contribution is 5.63. The van der Waals surface area contributed by atoms with Crippen molar-refractivity contribution in [1.82, 2.24) is 24.6 Å². The Labute approximate surface area is 118 Å². The number of nitrogens with two attached hydrogens (primary N) is 1. The van der Waals surface area contributed by atoms with Gasteiger partial charge >= 0.3 is 0 Å². The Balaban J connectivity index is 1.90. The van der Waals surface area contributed by atoms with E-state index in [0.717, 1.165) is 43.3 Å². The van der Waals surface area contributed by atoms with Gasteiger partial charge in [0.2, 0.25) is 5.95 Å². The lowest BCUT2D eigenvalue weighted by Crippen LogP contribution is -2.44. The van der Waals surface area contributed by atoms with E-state index in [0.29, 0.717) is 5.95 Å². The minimum absolute atomic E-state index is 0.306. The van der Waals surface area contributed by atoms with Gasteiger partial charge in [0, 0.05) is 51.1 Å². The molecule has 7 nitrogen and oxygen atoms in total. The first-order valence-corrected chi connectivity index (χ1v) is 6.69. The first-order chi connectivity index (χ1) is 9.61. The fourth-order valence-electron chi connectivity index (χ4n) is 2.35. The van der Waals surface area contributed by atoms with Gasteiger partial charge in [-0.25, -0.2) is 4.98 Å². The molecule has 0 aromatic carbocycles. The number of nitrogen functional groups attached to an aromatic ring is 1. The molecule has 0 saturated carbocycles. The second-order valence-corrected chi connectivity index (χ2v) is 5.16. The van der Waals surface area contributed by atoms with Gasteiger partial charge in [-0.2, -0.15) is 10.1 Å². The molecule has 3 rings (SSSR count). The van der Waals surface area contributed by atoms with Gasteiger partial charge in [0.05, 0.1) is 11.9 Å². The van der Waals surface area contributed by atoms with Crippen LogP contribution in [0.2, 0.25) is 0 Å². The lowest BCUT2D eigenvalue weighted by atomic mass is 10.2. The summed E-state index contributed by atoms with van der Waals surface area (Å²) >= 11 is 0. The van der Waals surface area contributed by atoms with Crippen molar-refractivity contribution in [2.45, 2.75) is 0 Å². The number of likely N-dealkylation sites (N-methyl/N-ethyl adjacent to an activating group) is 1. The Morgan fingerprint density at radius 2 is 1.85 bits per heavy atom. The molecule has 0 atom stereocenters. The van der Waals surface area contributed by atoms with Gasteiger partial charge in [-0.05, 0) is 7.05 Å². The molecule has 1 fully saturated rings. The summed E-state index contributed by atoms with van der Waals surface area (Å²) in [7, 11) is 4.02. The number of nitrogens with zero attached hydrogens (tertiary/aromatic N) is 6. The van der Waals surface area contributed by atoms with Gasteiger partial charge in [0.15, 0.2) is 0 Å². The minimum atomic E-state index is 0.306. The molecule has 0 unspecified atom stereocenters. The largest absolute Gasteiger partial charge is 0.368 e. The van der Waals surface area contributed by atoms with Crippen molar-refractivity contribution in [3.8, 4) is 11.3 Å². The molecule has 1 saturated heterocycles. The Bertz CT molecular complexity index is 599. The van der Waals surface area contributed by atoms with Crippen molar-refractivity contribution in [2.24, 2.45) is 7.05 Å². The Morgan fingerprint density at radius 3 is 2.50 bits per heavy atom. The fourth-order valence-corrected chi connectivity index (χ4v) is 2.35. The van der Waals surface area contributed by atoms with Crippen LogP contribution in [0.25, 0.3) is 11.3 Å². The van der Waals surface area contributed by atoms with Gasteiger partial charge in [0.25, 0.3) is 0 Å². The highest BCUT2D eigenvalue weighted by Crippen LogP contribution is 2.22. The van der Waals surface area contributed by atoms with Crippen LogP contribution in [0.1, 0.15) is 0 Å². The van der Waals surface area contributed by atoms with Crippen LogP contribution in [0.4, 0.5) is 11.8 Å². The average molecular weight is 273 g/mol. The molecule has 0 bridgehead atoms. The van der Waals surface area contributed by atoms with Crippen LogP contribution in [0.15, 0.2) is 18.5 Å². The van der Waals surface area contributed by atoms with E-state index >= 15 is 0 Å². The molecule has 7 heteroatoms. The second kappa shape index (κ2) is 5.09. The van der Waals surface area contributed by atoms with E-state index in [1.807, 2.05) is 19.3 Å². The van der Waals surface area contributed by atoms with Crippen molar-refractivity contribution in [3.05, 3.63) is 18.5 Å². The summed E-state index contributed by atoms with van der Waals surface area (Å²) in [6, 6.07) is 1.98. The molecule has 20 heavy (non-hydrogen) atoms. The zero-order valence-corrected chi connectivity index (χ0v) is 11.8. The van der Waals surface area contributed by atoms with Crippen LogP contribution < -0.4 is 10.6 Å². The van der Waals surface area contributed by atoms with Gasteiger partial charge in [-0.1, -0.05) is 0 Å². The summed E-state index contributed by atoms with van der Waals surface area (Å²) in [5, 5.41) is 4.17. The number of hydrogen-bond acceptors (Lipinski definition) is 6. The predicted octanol–water partition coefficient (Wildman–Crippen LogP) is 0.211. The molecular formula is C13H19N7. The highest BCUT2D eigenvalue weighted by atomic mass is 15.3. The third-order valence-electron chi connectivity index (χ3n) is 3.56. The number of piperazine rings is 1. The third kappa shape index (κ3) is 2.57. The van der Waals surface area contributed by atoms with Crippen LogP contribution in [0.5, 0.6) is 0 Å². The maximum Gasteiger partial charge on any atom is 0.222 e. The van der Waals surface area contributed by atoms with Crippen LogP contribution in [-0.2, 0) is 7.05 Å². The number of aromatic nitrogens is 4. The molecular weight excluding hydrogens is 254 g/mol. The van der Waals surface area contributed by atoms with Crippen molar-refractivity contribution < 1.29 is 0 Å². The van der Waals surface area contributed by atoms with Crippen LogP contribution in [0.3, 0.4) is 0 Å².